The Bertz CT molecular complexity index is 839. The molecule has 0 atom stereocenters. The number of imidazole rings is 1. The summed E-state index contributed by atoms with van der Waals surface area (Å²) >= 11 is 0. The van der Waals surface area contributed by atoms with Gasteiger partial charge in [0, 0.05) is 17.4 Å². The van der Waals surface area contributed by atoms with E-state index in [-0.39, 0.29) is 5.69 Å². The van der Waals surface area contributed by atoms with Gasteiger partial charge in [0.15, 0.2) is 5.69 Å². The summed E-state index contributed by atoms with van der Waals surface area (Å²) in [6, 6.07) is 10.6. The normalized spacial score (nSPS) is 10.7. The maximum Gasteiger partial charge on any atom is 0.356 e. The van der Waals surface area contributed by atoms with Crippen molar-refractivity contribution in [2.75, 3.05) is 12.8 Å². The van der Waals surface area contributed by atoms with E-state index in [2.05, 4.69) is 4.98 Å². The van der Waals surface area contributed by atoms with Gasteiger partial charge in [0.1, 0.15) is 11.6 Å². The topological polar surface area (TPSA) is 89.8 Å². The quantitative estimate of drug-likeness (QED) is 0.769. The average Bonchev–Trinajstić information content (AvgIpc) is 2.86. The number of methoxy groups -OCH3 is 1. The van der Waals surface area contributed by atoms with Crippen LogP contribution in [0.4, 0.5) is 5.69 Å². The van der Waals surface area contributed by atoms with Crippen LogP contribution in [-0.2, 0) is 0 Å². The molecule has 0 unspecified atom stereocenters. The van der Waals surface area contributed by atoms with E-state index < -0.39 is 5.97 Å². The van der Waals surface area contributed by atoms with Gasteiger partial charge < -0.3 is 15.6 Å². The summed E-state index contributed by atoms with van der Waals surface area (Å²) in [6.07, 6.45) is 1.71. The van der Waals surface area contributed by atoms with Crippen LogP contribution in [0.1, 0.15) is 10.5 Å². The number of hydrogen-bond acceptors (Lipinski definition) is 4. The lowest BCUT2D eigenvalue weighted by molar-refractivity contribution is 0.0693. The van der Waals surface area contributed by atoms with Crippen LogP contribution in [-0.4, -0.2) is 27.6 Å². The molecule has 0 aliphatic heterocycles. The maximum absolute atomic E-state index is 11.4. The monoisotopic (exact) mass is 283 g/mol. The second kappa shape index (κ2) is 4.82. The fraction of sp³-hybridized carbons (Fsp3) is 0.0667. The zero-order chi connectivity index (χ0) is 15.0. The first-order valence-electron chi connectivity index (χ1n) is 6.25. The van der Waals surface area contributed by atoms with E-state index in [0.29, 0.717) is 22.8 Å². The summed E-state index contributed by atoms with van der Waals surface area (Å²) in [7, 11) is 1.58. The molecule has 0 amide bonds. The number of aromatic carboxylic acids is 1. The molecule has 6 nitrogen and oxygen atoms in total. The van der Waals surface area contributed by atoms with Crippen molar-refractivity contribution in [2.45, 2.75) is 0 Å². The van der Waals surface area contributed by atoms with Gasteiger partial charge >= 0.3 is 5.97 Å². The maximum atomic E-state index is 11.4. The van der Waals surface area contributed by atoms with Crippen LogP contribution >= 0.6 is 0 Å². The fourth-order valence-corrected chi connectivity index (χ4v) is 2.22. The molecule has 21 heavy (non-hydrogen) atoms. The SMILES string of the molecule is COc1cccc(-c2nc(C(=O)O)c3cc(N)ccn23)c1. The van der Waals surface area contributed by atoms with Gasteiger partial charge in [-0.1, -0.05) is 12.1 Å². The highest BCUT2D eigenvalue weighted by Gasteiger charge is 2.18. The highest BCUT2D eigenvalue weighted by Crippen LogP contribution is 2.26. The van der Waals surface area contributed by atoms with Crippen LogP contribution in [0, 0.1) is 0 Å². The van der Waals surface area contributed by atoms with Crippen molar-refractivity contribution in [2.24, 2.45) is 0 Å². The molecule has 0 saturated carbocycles. The molecule has 3 N–H and O–H groups in total. The first kappa shape index (κ1) is 13.0. The van der Waals surface area contributed by atoms with Gasteiger partial charge in [-0.15, -0.1) is 0 Å². The molecule has 0 aliphatic carbocycles. The van der Waals surface area contributed by atoms with E-state index in [1.807, 2.05) is 18.2 Å². The molecule has 0 aliphatic rings. The third-order valence-electron chi connectivity index (χ3n) is 3.20. The summed E-state index contributed by atoms with van der Waals surface area (Å²) in [5.74, 6) is 0.116. The number of pyridine rings is 1. The number of benzene rings is 1. The Labute approximate surface area is 120 Å². The molecule has 0 radical (unpaired) electrons. The van der Waals surface area contributed by atoms with Crippen molar-refractivity contribution < 1.29 is 14.6 Å². The van der Waals surface area contributed by atoms with Crippen LogP contribution in [0.2, 0.25) is 0 Å². The number of ether oxygens (including phenoxy) is 1. The molecule has 3 rings (SSSR count). The third kappa shape index (κ3) is 2.16. The highest BCUT2D eigenvalue weighted by atomic mass is 16.5. The summed E-state index contributed by atoms with van der Waals surface area (Å²) in [4.78, 5) is 15.6. The van der Waals surface area contributed by atoms with Gasteiger partial charge in [-0.25, -0.2) is 9.78 Å². The minimum absolute atomic E-state index is 0.0277. The number of carbonyl (C=O) groups is 1. The number of fused-ring (bicyclic) bond motifs is 1. The van der Waals surface area contributed by atoms with E-state index in [9.17, 15) is 9.90 Å². The van der Waals surface area contributed by atoms with E-state index in [1.165, 1.54) is 0 Å². The van der Waals surface area contributed by atoms with Crippen molar-refractivity contribution in [1.82, 2.24) is 9.38 Å². The van der Waals surface area contributed by atoms with Gasteiger partial charge in [0.25, 0.3) is 0 Å². The number of carboxylic acids is 1. The van der Waals surface area contributed by atoms with Crippen LogP contribution in [0.5, 0.6) is 5.75 Å². The highest BCUT2D eigenvalue weighted by molar-refractivity contribution is 5.95. The zero-order valence-corrected chi connectivity index (χ0v) is 11.3. The Morgan fingerprint density at radius 3 is 2.86 bits per heavy atom. The molecule has 106 valence electrons. The summed E-state index contributed by atoms with van der Waals surface area (Å²) in [5.41, 5.74) is 7.42. The first-order chi connectivity index (χ1) is 10.1. The summed E-state index contributed by atoms with van der Waals surface area (Å²) < 4.78 is 6.89. The molecule has 1 aromatic carbocycles. The van der Waals surface area contributed by atoms with Gasteiger partial charge in [0.05, 0.1) is 12.6 Å². The van der Waals surface area contributed by atoms with Gasteiger partial charge in [-0.05, 0) is 24.3 Å². The van der Waals surface area contributed by atoms with Gasteiger partial charge in [-0.2, -0.15) is 0 Å². The standard InChI is InChI=1S/C15H13N3O3/c1-21-11-4-2-3-9(7-11)14-17-13(15(19)20)12-8-10(16)5-6-18(12)14/h2-8H,16H2,1H3,(H,19,20). The van der Waals surface area contributed by atoms with Gasteiger partial charge in [-0.3, -0.25) is 4.40 Å². The van der Waals surface area contributed by atoms with Crippen LogP contribution < -0.4 is 10.5 Å². The minimum Gasteiger partial charge on any atom is -0.497 e. The number of nitrogens with zero attached hydrogens (tertiary/aromatic N) is 2. The van der Waals surface area contributed by atoms with Gasteiger partial charge in [0.2, 0.25) is 0 Å². The molecule has 0 spiro atoms. The van der Waals surface area contributed by atoms with E-state index in [1.54, 1.807) is 35.9 Å². The Balaban J connectivity index is 2.29. The second-order valence-electron chi connectivity index (χ2n) is 4.54. The van der Waals surface area contributed by atoms with Crippen molar-refractivity contribution >= 4 is 17.2 Å². The van der Waals surface area contributed by atoms with Crippen molar-refractivity contribution in [3.63, 3.8) is 0 Å². The number of carboxylic acid groups (broad SMARTS) is 1. The molecule has 0 fully saturated rings. The Morgan fingerprint density at radius 1 is 1.33 bits per heavy atom. The third-order valence-corrected chi connectivity index (χ3v) is 3.20. The second-order valence-corrected chi connectivity index (χ2v) is 4.54. The molecular weight excluding hydrogens is 270 g/mol. The van der Waals surface area contributed by atoms with Crippen molar-refractivity contribution in [3.05, 3.63) is 48.3 Å². The van der Waals surface area contributed by atoms with E-state index in [0.717, 1.165) is 5.56 Å². The Kier molecular flexibility index (Phi) is 2.98. The lowest BCUT2D eigenvalue weighted by atomic mass is 10.2. The number of nitrogen functional groups attached to an aromatic ring is 1. The number of rotatable bonds is 3. The number of nitrogens with two attached hydrogens (primary N) is 1. The van der Waals surface area contributed by atoms with Crippen LogP contribution in [0.15, 0.2) is 42.6 Å². The molecule has 2 heterocycles. The van der Waals surface area contributed by atoms with E-state index in [4.69, 9.17) is 10.5 Å². The molecule has 0 saturated heterocycles. The summed E-state index contributed by atoms with van der Waals surface area (Å²) in [6.45, 7) is 0. The smallest absolute Gasteiger partial charge is 0.356 e. The average molecular weight is 283 g/mol. The van der Waals surface area contributed by atoms with Crippen molar-refractivity contribution in [3.8, 4) is 17.1 Å². The number of aromatic nitrogens is 2. The van der Waals surface area contributed by atoms with E-state index >= 15 is 0 Å². The summed E-state index contributed by atoms with van der Waals surface area (Å²) in [5, 5.41) is 9.29. The lowest BCUT2D eigenvalue weighted by Gasteiger charge is -2.04. The lowest BCUT2D eigenvalue weighted by Crippen LogP contribution is -1.97. The Hall–Kier alpha value is -3.02. The molecule has 3 aromatic rings. The predicted molar refractivity (Wildman–Crippen MR) is 78.6 cm³/mol. The zero-order valence-electron chi connectivity index (χ0n) is 11.3. The first-order valence-corrected chi connectivity index (χ1v) is 6.25. The van der Waals surface area contributed by atoms with Crippen molar-refractivity contribution in [1.29, 1.82) is 0 Å². The number of hydrogen-bond donors (Lipinski definition) is 2. The minimum atomic E-state index is -1.09. The molecule has 6 heteroatoms. The molecule has 2 aromatic heterocycles. The largest absolute Gasteiger partial charge is 0.497 e. The fourth-order valence-electron chi connectivity index (χ4n) is 2.22. The van der Waals surface area contributed by atoms with Crippen LogP contribution in [0.3, 0.4) is 0 Å². The number of anilines is 1. The molecular formula is C15H13N3O3. The predicted octanol–water partition coefficient (Wildman–Crippen LogP) is 2.29. The molecule has 0 bridgehead atoms. The Morgan fingerprint density at radius 2 is 2.14 bits per heavy atom. The van der Waals surface area contributed by atoms with Crippen LogP contribution in [0.25, 0.3) is 16.9 Å².